The van der Waals surface area contributed by atoms with Crippen LogP contribution in [0.5, 0.6) is 0 Å². The molecule has 26 heavy (non-hydrogen) atoms. The zero-order valence-corrected chi connectivity index (χ0v) is 14.5. The fourth-order valence-corrected chi connectivity index (χ4v) is 2.46. The number of nitrogens with zero attached hydrogens (tertiary/aromatic N) is 4. The Balaban J connectivity index is 1.61. The maximum Gasteiger partial charge on any atom is 0.224 e. The average molecular weight is 348 g/mol. The van der Waals surface area contributed by atoms with Crippen LogP contribution in [0.25, 0.3) is 11.4 Å². The van der Waals surface area contributed by atoms with E-state index >= 15 is 0 Å². The van der Waals surface area contributed by atoms with E-state index in [1.807, 2.05) is 37.4 Å². The topological polar surface area (TPSA) is 92.7 Å². The Morgan fingerprint density at radius 3 is 2.65 bits per heavy atom. The molecule has 7 heteroatoms. The van der Waals surface area contributed by atoms with Gasteiger partial charge in [-0.3, -0.25) is 14.8 Å². The number of hydrogen-bond donors (Lipinski definition) is 2. The molecule has 0 aliphatic rings. The first-order valence-electron chi connectivity index (χ1n) is 8.36. The molecular formula is C19H20N6O. The van der Waals surface area contributed by atoms with Crippen LogP contribution in [0.3, 0.4) is 0 Å². The first-order valence-corrected chi connectivity index (χ1v) is 8.36. The standard InChI is InChI=1S/C19H20N6O/c1-20-17-12-16(24-19(25-17)15-4-8-21-9-5-15)6-10-23-18(26)11-14-3-2-7-22-13-14/h2-5,7-9,12-13H,6,10-11H2,1H3,(H,23,26)(H,20,24,25). The molecule has 3 aromatic rings. The van der Waals surface area contributed by atoms with Crippen LogP contribution in [-0.4, -0.2) is 39.4 Å². The molecule has 0 saturated heterocycles. The van der Waals surface area contributed by atoms with Gasteiger partial charge < -0.3 is 10.6 Å². The molecule has 1 amide bonds. The summed E-state index contributed by atoms with van der Waals surface area (Å²) in [5.74, 6) is 1.34. The van der Waals surface area contributed by atoms with Crippen LogP contribution in [0.1, 0.15) is 11.3 Å². The van der Waals surface area contributed by atoms with Crippen LogP contribution in [0.2, 0.25) is 0 Å². The lowest BCUT2D eigenvalue weighted by molar-refractivity contribution is -0.120. The Morgan fingerprint density at radius 2 is 1.92 bits per heavy atom. The minimum Gasteiger partial charge on any atom is -0.373 e. The Labute approximate surface area is 152 Å². The number of hydrogen-bond acceptors (Lipinski definition) is 6. The van der Waals surface area contributed by atoms with E-state index in [1.165, 1.54) is 0 Å². The lowest BCUT2D eigenvalue weighted by atomic mass is 10.2. The highest BCUT2D eigenvalue weighted by molar-refractivity contribution is 5.78. The summed E-state index contributed by atoms with van der Waals surface area (Å²) in [5, 5.41) is 5.97. The number of pyridine rings is 2. The number of rotatable bonds is 7. The highest BCUT2D eigenvalue weighted by Gasteiger charge is 2.08. The summed E-state index contributed by atoms with van der Waals surface area (Å²) in [4.78, 5) is 29.1. The zero-order valence-electron chi connectivity index (χ0n) is 14.5. The Morgan fingerprint density at radius 1 is 1.08 bits per heavy atom. The fraction of sp³-hybridized carbons (Fsp3) is 0.211. The first-order chi connectivity index (χ1) is 12.7. The van der Waals surface area contributed by atoms with Crippen LogP contribution in [0.15, 0.2) is 55.1 Å². The van der Waals surface area contributed by atoms with Gasteiger partial charge in [0.15, 0.2) is 5.82 Å². The van der Waals surface area contributed by atoms with E-state index in [4.69, 9.17) is 0 Å². The maximum atomic E-state index is 12.0. The zero-order chi connectivity index (χ0) is 18.2. The second kappa shape index (κ2) is 8.66. The molecule has 0 aromatic carbocycles. The van der Waals surface area contributed by atoms with E-state index < -0.39 is 0 Å². The number of anilines is 1. The Kier molecular flexibility index (Phi) is 5.82. The van der Waals surface area contributed by atoms with E-state index in [9.17, 15) is 4.79 Å². The highest BCUT2D eigenvalue weighted by atomic mass is 16.1. The van der Waals surface area contributed by atoms with E-state index in [-0.39, 0.29) is 5.91 Å². The highest BCUT2D eigenvalue weighted by Crippen LogP contribution is 2.17. The predicted molar refractivity (Wildman–Crippen MR) is 99.5 cm³/mol. The van der Waals surface area contributed by atoms with Crippen molar-refractivity contribution >= 4 is 11.7 Å². The molecule has 3 rings (SSSR count). The maximum absolute atomic E-state index is 12.0. The third-order valence-corrected chi connectivity index (χ3v) is 3.76. The summed E-state index contributed by atoms with van der Waals surface area (Å²) in [6.07, 6.45) is 7.75. The van der Waals surface area contributed by atoms with Gasteiger partial charge in [0, 0.05) is 62.1 Å². The van der Waals surface area contributed by atoms with Gasteiger partial charge in [0.1, 0.15) is 5.82 Å². The third-order valence-electron chi connectivity index (χ3n) is 3.76. The number of carbonyl (C=O) groups is 1. The van der Waals surface area contributed by atoms with Crippen LogP contribution in [0, 0.1) is 0 Å². The Hall–Kier alpha value is -3.35. The predicted octanol–water partition coefficient (Wildman–Crippen LogP) is 1.88. The summed E-state index contributed by atoms with van der Waals surface area (Å²) in [5.41, 5.74) is 2.65. The summed E-state index contributed by atoms with van der Waals surface area (Å²) in [7, 11) is 1.82. The summed E-state index contributed by atoms with van der Waals surface area (Å²) in [6, 6.07) is 9.33. The minimum absolute atomic E-state index is 0.0322. The van der Waals surface area contributed by atoms with Crippen molar-refractivity contribution in [1.82, 2.24) is 25.3 Å². The molecule has 0 saturated carbocycles. The number of amides is 1. The van der Waals surface area contributed by atoms with E-state index in [1.54, 1.807) is 24.8 Å². The van der Waals surface area contributed by atoms with Crippen molar-refractivity contribution in [3.05, 3.63) is 66.4 Å². The molecule has 0 unspecified atom stereocenters. The first kappa shape index (κ1) is 17.5. The van der Waals surface area contributed by atoms with Crippen LogP contribution in [0.4, 0.5) is 5.82 Å². The molecule has 0 aliphatic carbocycles. The van der Waals surface area contributed by atoms with Gasteiger partial charge in [0.2, 0.25) is 5.91 Å². The smallest absolute Gasteiger partial charge is 0.224 e. The second-order valence-electron chi connectivity index (χ2n) is 5.69. The van der Waals surface area contributed by atoms with Gasteiger partial charge in [-0.1, -0.05) is 6.07 Å². The van der Waals surface area contributed by atoms with Crippen molar-refractivity contribution < 1.29 is 4.79 Å². The lowest BCUT2D eigenvalue weighted by Gasteiger charge is -2.09. The average Bonchev–Trinajstić information content (AvgIpc) is 2.69. The molecule has 7 nitrogen and oxygen atoms in total. The largest absolute Gasteiger partial charge is 0.373 e. The Bertz CT molecular complexity index is 854. The van der Waals surface area contributed by atoms with Crippen LogP contribution in [-0.2, 0) is 17.6 Å². The molecule has 3 heterocycles. The quantitative estimate of drug-likeness (QED) is 0.677. The molecule has 0 bridgehead atoms. The van der Waals surface area contributed by atoms with Crippen molar-refractivity contribution in [3.63, 3.8) is 0 Å². The van der Waals surface area contributed by atoms with Crippen LogP contribution >= 0.6 is 0 Å². The fourth-order valence-electron chi connectivity index (χ4n) is 2.46. The second-order valence-corrected chi connectivity index (χ2v) is 5.69. The summed E-state index contributed by atoms with van der Waals surface area (Å²) in [6.45, 7) is 0.509. The van der Waals surface area contributed by atoms with Crippen molar-refractivity contribution in [3.8, 4) is 11.4 Å². The van der Waals surface area contributed by atoms with Crippen LogP contribution < -0.4 is 10.6 Å². The number of nitrogens with one attached hydrogen (secondary N) is 2. The van der Waals surface area contributed by atoms with Gasteiger partial charge in [0.05, 0.1) is 6.42 Å². The molecular weight excluding hydrogens is 328 g/mol. The lowest BCUT2D eigenvalue weighted by Crippen LogP contribution is -2.27. The van der Waals surface area contributed by atoms with Gasteiger partial charge >= 0.3 is 0 Å². The van der Waals surface area contributed by atoms with Gasteiger partial charge in [-0.05, 0) is 23.8 Å². The van der Waals surface area contributed by atoms with Crippen molar-refractivity contribution in [2.24, 2.45) is 0 Å². The summed E-state index contributed by atoms with van der Waals surface area (Å²) < 4.78 is 0. The van der Waals surface area contributed by atoms with Crippen molar-refractivity contribution in [2.75, 3.05) is 18.9 Å². The van der Waals surface area contributed by atoms with Gasteiger partial charge in [-0.2, -0.15) is 0 Å². The number of carbonyl (C=O) groups excluding carboxylic acids is 1. The molecule has 0 fully saturated rings. The number of aromatic nitrogens is 4. The molecule has 0 radical (unpaired) electrons. The molecule has 132 valence electrons. The normalized spacial score (nSPS) is 10.3. The SMILES string of the molecule is CNc1cc(CCNC(=O)Cc2cccnc2)nc(-c2ccncc2)n1. The molecule has 0 aliphatic heterocycles. The van der Waals surface area contributed by atoms with Crippen molar-refractivity contribution in [1.29, 1.82) is 0 Å². The van der Waals surface area contributed by atoms with Crippen molar-refractivity contribution in [2.45, 2.75) is 12.8 Å². The van der Waals surface area contributed by atoms with E-state index in [2.05, 4.69) is 30.6 Å². The third kappa shape index (κ3) is 4.83. The summed E-state index contributed by atoms with van der Waals surface area (Å²) >= 11 is 0. The van der Waals surface area contributed by atoms with E-state index in [0.29, 0.717) is 25.2 Å². The molecule has 2 N–H and O–H groups in total. The van der Waals surface area contributed by atoms with E-state index in [0.717, 1.165) is 22.6 Å². The molecule has 3 aromatic heterocycles. The molecule has 0 atom stereocenters. The van der Waals surface area contributed by atoms with Gasteiger partial charge in [-0.25, -0.2) is 9.97 Å². The molecule has 0 spiro atoms. The minimum atomic E-state index is -0.0322. The monoisotopic (exact) mass is 348 g/mol. The van der Waals surface area contributed by atoms with Gasteiger partial charge in [-0.15, -0.1) is 0 Å². The van der Waals surface area contributed by atoms with Gasteiger partial charge in [0.25, 0.3) is 0 Å².